The number of anilines is 1. The van der Waals surface area contributed by atoms with Crippen molar-refractivity contribution in [3.8, 4) is 0 Å². The zero-order valence-electron chi connectivity index (χ0n) is 13.8. The molecule has 0 aliphatic rings. The normalized spacial score (nSPS) is 17.8. The maximum atomic E-state index is 11.5. The lowest BCUT2D eigenvalue weighted by atomic mass is 10.2. The molecule has 0 amide bonds. The van der Waals surface area contributed by atoms with Gasteiger partial charge in [0.25, 0.3) is 0 Å². The first-order chi connectivity index (χ1) is 9.07. The van der Waals surface area contributed by atoms with Crippen LogP contribution < -0.4 is 4.90 Å². The van der Waals surface area contributed by atoms with Crippen LogP contribution in [-0.2, 0) is 4.74 Å². The molecule has 3 heteroatoms. The predicted octanol–water partition coefficient (Wildman–Crippen LogP) is 1.93. The highest BCUT2D eigenvalue weighted by atomic mass is 16.5. The number of benzene rings is 1. The molecule has 0 aromatic heterocycles. The molecule has 0 heterocycles. The minimum Gasteiger partial charge on any atom is -0.462 e. The third-order valence-corrected chi connectivity index (χ3v) is 1.64. The zero-order chi connectivity index (χ0) is 15.6. The highest BCUT2D eigenvalue weighted by molar-refractivity contribution is 5.89. The number of ether oxygens (including phenoxy) is 1. The summed E-state index contributed by atoms with van der Waals surface area (Å²) in [6, 6.07) is 5.20. The highest BCUT2D eigenvalue weighted by Gasteiger charge is 2.05. The van der Waals surface area contributed by atoms with Crippen molar-refractivity contribution in [3.63, 3.8) is 0 Å². The van der Waals surface area contributed by atoms with Crippen LogP contribution in [0.15, 0.2) is 24.3 Å². The third kappa shape index (κ3) is 2.49. The summed E-state index contributed by atoms with van der Waals surface area (Å²) in [5.74, 6) is -0.548. The monoisotopic (exact) mass is 199 g/mol. The van der Waals surface area contributed by atoms with Crippen molar-refractivity contribution in [2.75, 3.05) is 25.5 Å². The first-order valence-corrected chi connectivity index (χ1v) is 4.15. The summed E-state index contributed by atoms with van der Waals surface area (Å²) in [6.45, 7) is -3.73. The van der Waals surface area contributed by atoms with Gasteiger partial charge in [-0.05, 0) is 31.2 Å². The second-order valence-electron chi connectivity index (χ2n) is 2.60. The number of carbonyl (C=O) groups is 1. The van der Waals surface area contributed by atoms with Crippen LogP contribution in [0.5, 0.6) is 0 Å². The number of hydrogen-bond donors (Lipinski definition) is 0. The van der Waals surface area contributed by atoms with Crippen molar-refractivity contribution in [1.82, 2.24) is 0 Å². The van der Waals surface area contributed by atoms with E-state index in [9.17, 15) is 4.79 Å². The number of esters is 1. The molecule has 0 aliphatic heterocycles. The molecule has 1 rings (SSSR count). The van der Waals surface area contributed by atoms with Crippen molar-refractivity contribution < 1.29 is 17.8 Å². The molecule has 0 aliphatic carbocycles. The summed E-state index contributed by atoms with van der Waals surface area (Å²) in [6.07, 6.45) is 0. The van der Waals surface area contributed by atoms with Gasteiger partial charge in [0.15, 0.2) is 0 Å². The van der Waals surface area contributed by atoms with Crippen molar-refractivity contribution in [2.24, 2.45) is 0 Å². The van der Waals surface area contributed by atoms with Crippen LogP contribution in [-0.4, -0.2) is 26.5 Å². The molecule has 0 saturated heterocycles. The van der Waals surface area contributed by atoms with Gasteiger partial charge in [0.05, 0.1) is 12.2 Å². The Kier molecular flexibility index (Phi) is 1.60. The summed E-state index contributed by atoms with van der Waals surface area (Å²) in [5, 5.41) is 0. The molecule has 0 spiro atoms. The molecular formula is C11H15NO2. The Morgan fingerprint density at radius 1 is 1.43 bits per heavy atom. The molecular weight excluding hydrogens is 178 g/mol. The Morgan fingerprint density at radius 3 is 2.57 bits per heavy atom. The number of nitrogens with zero attached hydrogens (tertiary/aromatic N) is 1. The molecule has 0 atom stereocenters. The van der Waals surface area contributed by atoms with Gasteiger partial charge in [0, 0.05) is 27.9 Å². The fourth-order valence-corrected chi connectivity index (χ4v) is 0.961. The summed E-state index contributed by atoms with van der Waals surface area (Å²) in [4.78, 5) is 11.8. The molecule has 0 bridgehead atoms. The smallest absolute Gasteiger partial charge is 0.338 e. The summed E-state index contributed by atoms with van der Waals surface area (Å²) in [5.41, 5.74) is 0.213. The van der Waals surface area contributed by atoms with E-state index in [1.54, 1.807) is 6.92 Å². The molecule has 0 fully saturated rings. The second-order valence-corrected chi connectivity index (χ2v) is 2.60. The third-order valence-electron chi connectivity index (χ3n) is 1.64. The quantitative estimate of drug-likeness (QED) is 0.697. The molecule has 1 aromatic rings. The van der Waals surface area contributed by atoms with E-state index in [4.69, 9.17) is 13.0 Å². The van der Waals surface area contributed by atoms with E-state index < -0.39 is 19.9 Å². The predicted molar refractivity (Wildman–Crippen MR) is 56.7 cm³/mol. The van der Waals surface area contributed by atoms with E-state index in [1.165, 1.54) is 24.3 Å². The van der Waals surface area contributed by atoms with E-state index in [1.807, 2.05) is 0 Å². The lowest BCUT2D eigenvalue weighted by Crippen LogP contribution is -2.09. The minimum absolute atomic E-state index is 0.0157. The summed E-state index contributed by atoms with van der Waals surface area (Å²) < 4.78 is 48.6. The lowest BCUT2D eigenvalue weighted by Gasteiger charge is -2.12. The molecule has 0 saturated carbocycles. The Morgan fingerprint density at radius 2 is 2.07 bits per heavy atom. The van der Waals surface area contributed by atoms with Crippen molar-refractivity contribution in [1.29, 1.82) is 0 Å². The Labute approximate surface area is 92.7 Å². The molecule has 14 heavy (non-hydrogen) atoms. The number of hydrogen-bond acceptors (Lipinski definition) is 3. The van der Waals surface area contributed by atoms with Crippen molar-refractivity contribution in [2.45, 2.75) is 6.92 Å². The molecule has 0 N–H and O–H groups in total. The van der Waals surface area contributed by atoms with Gasteiger partial charge in [0.2, 0.25) is 0 Å². The average molecular weight is 199 g/mol. The maximum Gasteiger partial charge on any atom is 0.338 e. The SMILES string of the molecule is [2H]C([2H])([2H])N(c1ccc(C(=O)OCC)cc1)C([2H])([2H])[2H]. The standard InChI is InChI=1S/C11H15NO2/c1-4-14-11(13)9-5-7-10(8-6-9)12(2)3/h5-8H,4H2,1-3H3/i2D3,3D3. The fraction of sp³-hybridized carbons (Fsp3) is 0.364. The van der Waals surface area contributed by atoms with E-state index >= 15 is 0 Å². The van der Waals surface area contributed by atoms with Crippen LogP contribution in [0.2, 0.25) is 0 Å². The molecule has 0 unspecified atom stereocenters. The zero-order valence-corrected chi connectivity index (χ0v) is 7.78. The molecule has 0 radical (unpaired) electrons. The van der Waals surface area contributed by atoms with Crippen LogP contribution in [0.25, 0.3) is 0 Å². The van der Waals surface area contributed by atoms with E-state index in [0.29, 0.717) is 4.90 Å². The first-order valence-electron chi connectivity index (χ1n) is 7.15. The van der Waals surface area contributed by atoms with Gasteiger partial charge >= 0.3 is 5.97 Å². The minimum atomic E-state index is -2.81. The Bertz CT molecular complexity index is 451. The van der Waals surface area contributed by atoms with E-state index in [0.717, 1.165) is 0 Å². The number of rotatable bonds is 3. The molecule has 1 aromatic carbocycles. The first kappa shape index (κ1) is 4.82. The van der Waals surface area contributed by atoms with Gasteiger partial charge in [0.1, 0.15) is 0 Å². The lowest BCUT2D eigenvalue weighted by molar-refractivity contribution is 0.0526. The van der Waals surface area contributed by atoms with Crippen molar-refractivity contribution >= 4 is 11.7 Å². The van der Waals surface area contributed by atoms with E-state index in [-0.39, 0.29) is 17.9 Å². The van der Waals surface area contributed by atoms with Gasteiger partial charge in [-0.2, -0.15) is 0 Å². The van der Waals surface area contributed by atoms with Gasteiger partial charge < -0.3 is 9.64 Å². The number of carbonyl (C=O) groups excluding carboxylic acids is 1. The Balaban J connectivity index is 3.10. The molecule has 3 nitrogen and oxygen atoms in total. The largest absolute Gasteiger partial charge is 0.462 e. The summed E-state index contributed by atoms with van der Waals surface area (Å²) in [7, 11) is 0. The van der Waals surface area contributed by atoms with Crippen LogP contribution in [0.1, 0.15) is 25.5 Å². The van der Waals surface area contributed by atoms with Crippen LogP contribution >= 0.6 is 0 Å². The topological polar surface area (TPSA) is 29.5 Å². The highest BCUT2D eigenvalue weighted by Crippen LogP contribution is 2.12. The van der Waals surface area contributed by atoms with Crippen LogP contribution in [0, 0.1) is 0 Å². The van der Waals surface area contributed by atoms with Crippen LogP contribution in [0.3, 0.4) is 0 Å². The van der Waals surface area contributed by atoms with E-state index in [2.05, 4.69) is 0 Å². The van der Waals surface area contributed by atoms with Crippen LogP contribution in [0.4, 0.5) is 5.69 Å². The Hall–Kier alpha value is -1.51. The average Bonchev–Trinajstić information content (AvgIpc) is 2.26. The molecule has 76 valence electrons. The van der Waals surface area contributed by atoms with Crippen molar-refractivity contribution in [3.05, 3.63) is 29.8 Å². The van der Waals surface area contributed by atoms with Gasteiger partial charge in [-0.15, -0.1) is 0 Å². The fourth-order valence-electron chi connectivity index (χ4n) is 0.961. The van der Waals surface area contributed by atoms with Gasteiger partial charge in [-0.25, -0.2) is 4.79 Å². The maximum absolute atomic E-state index is 11.5. The van der Waals surface area contributed by atoms with Gasteiger partial charge in [-0.3, -0.25) is 0 Å². The second kappa shape index (κ2) is 4.65. The van der Waals surface area contributed by atoms with Gasteiger partial charge in [-0.1, -0.05) is 0 Å². The summed E-state index contributed by atoms with van der Waals surface area (Å²) >= 11 is 0.